The lowest BCUT2D eigenvalue weighted by Gasteiger charge is -2.26. The van der Waals surface area contributed by atoms with E-state index in [1.165, 1.54) is 6.92 Å². The summed E-state index contributed by atoms with van der Waals surface area (Å²) in [5.74, 6) is -14.5. The second kappa shape index (κ2) is 32.3. The first-order valence-corrected chi connectivity index (χ1v) is 19.4. The molecule has 0 aromatic heterocycles. The minimum absolute atomic E-state index is 0.0748. The van der Waals surface area contributed by atoms with E-state index in [0.29, 0.717) is 0 Å². The Morgan fingerprint density at radius 2 is 1.08 bits per heavy atom. The fraction of sp³-hybridized carbons (Fsp3) is 0.730. The maximum absolute atomic E-state index is 13.5. The molecular weight excluding hydrogens is 816 g/mol. The van der Waals surface area contributed by atoms with Crippen molar-refractivity contribution in [1.82, 2.24) is 16.0 Å². The molecule has 5 atom stereocenters. The highest BCUT2D eigenvalue weighted by Gasteiger charge is 2.35. The molecule has 3 amide bonds. The molecule has 0 aromatic carbocycles. The van der Waals surface area contributed by atoms with Crippen molar-refractivity contribution >= 4 is 58.9 Å². The first-order valence-electron chi connectivity index (χ1n) is 19.4. The van der Waals surface area contributed by atoms with Gasteiger partial charge in [0.1, 0.15) is 5.78 Å². The van der Waals surface area contributed by atoms with Crippen molar-refractivity contribution in [2.24, 2.45) is 28.8 Å². The second-order valence-corrected chi connectivity index (χ2v) is 14.1. The third kappa shape index (κ3) is 27.8. The Bertz CT molecular complexity index is 1530. The molecule has 0 bridgehead atoms. The van der Waals surface area contributed by atoms with Gasteiger partial charge < -0.3 is 55.3 Å². The van der Waals surface area contributed by atoms with Gasteiger partial charge in [-0.15, -0.1) is 0 Å². The third-order valence-electron chi connectivity index (χ3n) is 8.65. The van der Waals surface area contributed by atoms with Crippen molar-refractivity contribution in [3.8, 4) is 0 Å². The van der Waals surface area contributed by atoms with Crippen LogP contribution < -0.4 is 16.0 Å². The number of nitrogens with one attached hydrogen (secondary N) is 3. The van der Waals surface area contributed by atoms with Crippen molar-refractivity contribution in [3.63, 3.8) is 0 Å². The van der Waals surface area contributed by atoms with E-state index in [1.807, 2.05) is 0 Å². The van der Waals surface area contributed by atoms with Crippen LogP contribution in [-0.2, 0) is 66.9 Å². The number of carboxylic acid groups (broad SMARTS) is 4. The van der Waals surface area contributed by atoms with E-state index in [0.717, 1.165) is 0 Å². The summed E-state index contributed by atoms with van der Waals surface area (Å²) >= 11 is 0. The van der Waals surface area contributed by atoms with Crippen LogP contribution in [0.2, 0.25) is 0 Å². The summed E-state index contributed by atoms with van der Waals surface area (Å²) < 4.78 is 21.1. The Morgan fingerprint density at radius 1 is 0.574 bits per heavy atom. The molecule has 0 saturated carbocycles. The number of ether oxygens (including phenoxy) is 4. The average Bonchev–Trinajstić information content (AvgIpc) is 3.17. The van der Waals surface area contributed by atoms with Crippen LogP contribution in [-0.4, -0.2) is 157 Å². The number of ketones is 3. The lowest BCUT2D eigenvalue weighted by atomic mass is 9.86. The van der Waals surface area contributed by atoms with Gasteiger partial charge in [-0.1, -0.05) is 25.9 Å². The molecular formula is C37H58N6O18. The number of carboxylic acids is 4. The molecule has 0 aliphatic heterocycles. The van der Waals surface area contributed by atoms with Gasteiger partial charge in [-0.25, -0.2) is 0 Å². The molecule has 344 valence electrons. The molecule has 7 N–H and O–H groups in total. The second-order valence-electron chi connectivity index (χ2n) is 14.1. The number of rotatable bonds is 38. The maximum atomic E-state index is 13.5. The minimum atomic E-state index is -1.61. The number of hydrogen-bond donors (Lipinski definition) is 7. The van der Waals surface area contributed by atoms with Gasteiger partial charge in [0.2, 0.25) is 17.7 Å². The van der Waals surface area contributed by atoms with Crippen LogP contribution in [0.15, 0.2) is 5.11 Å². The Balaban J connectivity index is 5.28. The Labute approximate surface area is 351 Å². The number of amides is 3. The molecule has 0 aliphatic carbocycles. The van der Waals surface area contributed by atoms with Crippen LogP contribution in [0.25, 0.3) is 10.4 Å². The molecule has 24 nitrogen and oxygen atoms in total. The lowest BCUT2D eigenvalue weighted by Crippen LogP contribution is -2.49. The van der Waals surface area contributed by atoms with Crippen LogP contribution >= 0.6 is 0 Å². The quantitative estimate of drug-likeness (QED) is 0.0188. The Morgan fingerprint density at radius 3 is 1.59 bits per heavy atom. The fourth-order valence-electron chi connectivity index (χ4n) is 5.36. The number of carbonyl (C=O) groups excluding carboxylic acids is 6. The zero-order chi connectivity index (χ0) is 46.3. The van der Waals surface area contributed by atoms with Gasteiger partial charge in [-0.3, -0.25) is 47.9 Å². The molecule has 0 aliphatic rings. The summed E-state index contributed by atoms with van der Waals surface area (Å²) in [6.07, 6.45) is -4.68. The Hall–Kier alpha value is -5.55. The van der Waals surface area contributed by atoms with E-state index in [9.17, 15) is 63.3 Å². The summed E-state index contributed by atoms with van der Waals surface area (Å²) in [4.78, 5) is 125. The highest BCUT2D eigenvalue weighted by Crippen LogP contribution is 2.20. The molecule has 0 spiro atoms. The van der Waals surface area contributed by atoms with Gasteiger partial charge in [0.25, 0.3) is 0 Å². The van der Waals surface area contributed by atoms with Crippen molar-refractivity contribution in [1.29, 1.82) is 0 Å². The predicted octanol–water partition coefficient (Wildman–Crippen LogP) is 0.140. The van der Waals surface area contributed by atoms with Crippen LogP contribution in [0.4, 0.5) is 0 Å². The number of nitrogens with zero attached hydrogens (tertiary/aromatic N) is 3. The minimum Gasteiger partial charge on any atom is -0.481 e. The van der Waals surface area contributed by atoms with Gasteiger partial charge >= 0.3 is 23.9 Å². The number of aliphatic carboxylic acids is 4. The van der Waals surface area contributed by atoms with E-state index in [4.69, 9.17) is 29.6 Å². The molecule has 0 fully saturated rings. The first kappa shape index (κ1) is 55.5. The maximum Gasteiger partial charge on any atom is 0.305 e. The Kier molecular flexibility index (Phi) is 29.3. The van der Waals surface area contributed by atoms with E-state index in [2.05, 4.69) is 26.0 Å². The smallest absolute Gasteiger partial charge is 0.305 e. The van der Waals surface area contributed by atoms with Gasteiger partial charge in [0.15, 0.2) is 11.6 Å². The van der Waals surface area contributed by atoms with Crippen molar-refractivity contribution < 1.29 is 87.3 Å². The van der Waals surface area contributed by atoms with Gasteiger partial charge in [0.05, 0.1) is 96.7 Å². The number of hydrogen-bond acceptors (Lipinski definition) is 15. The number of azide groups is 1. The van der Waals surface area contributed by atoms with Crippen molar-refractivity contribution in [3.05, 3.63) is 10.4 Å². The summed E-state index contributed by atoms with van der Waals surface area (Å²) in [6, 6.07) is -3.16. The molecule has 0 aromatic rings. The summed E-state index contributed by atoms with van der Waals surface area (Å²) in [6.45, 7) is 5.66. The summed E-state index contributed by atoms with van der Waals surface area (Å²) in [5, 5.41) is 46.9. The largest absolute Gasteiger partial charge is 0.481 e. The van der Waals surface area contributed by atoms with Crippen molar-refractivity contribution in [2.45, 2.75) is 84.2 Å². The van der Waals surface area contributed by atoms with Gasteiger partial charge in [0, 0.05) is 49.0 Å². The summed E-state index contributed by atoms with van der Waals surface area (Å²) in [7, 11) is 0. The fourth-order valence-corrected chi connectivity index (χ4v) is 5.36. The molecule has 0 unspecified atom stereocenters. The SMILES string of the molecule is CC(C)[C@H](CC(=O)[C@H](CCC(=O)O)NC(=O)[C@H](CC(=O)O)CC(=O)CN=[N+]=[N-])C(=O)N[C@@H](CC(=O)O)C(=O)C[C@@H](C)C(=O)NCCOCCOCCOCCOCCC(=O)O. The van der Waals surface area contributed by atoms with E-state index >= 15 is 0 Å². The highest BCUT2D eigenvalue weighted by molar-refractivity contribution is 5.97. The molecule has 0 saturated heterocycles. The number of carbonyl (C=O) groups is 10. The first-order chi connectivity index (χ1) is 28.8. The zero-order valence-corrected chi connectivity index (χ0v) is 34.5. The van der Waals surface area contributed by atoms with Crippen LogP contribution in [0.5, 0.6) is 0 Å². The highest BCUT2D eigenvalue weighted by atomic mass is 16.6. The zero-order valence-electron chi connectivity index (χ0n) is 34.5. The van der Waals surface area contributed by atoms with E-state index in [-0.39, 0.29) is 65.8 Å². The number of Topliss-reactive ketones (excluding diaryl/α,β-unsaturated/α-hetero) is 3. The summed E-state index contributed by atoms with van der Waals surface area (Å²) in [5.41, 5.74) is 8.44. The van der Waals surface area contributed by atoms with Crippen LogP contribution in [0, 0.1) is 23.7 Å². The molecule has 0 rings (SSSR count). The predicted molar refractivity (Wildman–Crippen MR) is 208 cm³/mol. The third-order valence-corrected chi connectivity index (χ3v) is 8.65. The van der Waals surface area contributed by atoms with Crippen LogP contribution in [0.3, 0.4) is 0 Å². The molecule has 0 heterocycles. The molecule has 24 heteroatoms. The van der Waals surface area contributed by atoms with Crippen molar-refractivity contribution in [2.75, 3.05) is 65.9 Å². The van der Waals surface area contributed by atoms with Gasteiger partial charge in [-0.05, 0) is 17.9 Å². The van der Waals surface area contributed by atoms with E-state index in [1.54, 1.807) is 13.8 Å². The van der Waals surface area contributed by atoms with Crippen LogP contribution in [0.1, 0.15) is 72.1 Å². The molecule has 0 radical (unpaired) electrons. The van der Waals surface area contributed by atoms with E-state index < -0.39 is 146 Å². The normalized spacial score (nSPS) is 13.4. The standard InChI is InChI=1S/C37H58N6O18/c1-22(2)26(19-30(46)27(4-5-31(47)48)41-36(56)24(18-33(51)52)17-25(44)21-40-43-38)37(57)42-28(20-34(53)54)29(45)16-23(3)35(55)39-7-9-59-11-13-61-15-14-60-12-10-58-8-6-32(49)50/h22-24,26-28H,4-21H2,1-3H3,(H,39,55)(H,41,56)(H,42,57)(H,47,48)(H,49,50)(H,51,52)(H,53,54)/t23-,24+,26+,27+,28+/m1/s1. The monoisotopic (exact) mass is 874 g/mol. The molecule has 61 heavy (non-hydrogen) atoms. The van der Waals surface area contributed by atoms with Gasteiger partial charge in [-0.2, -0.15) is 0 Å². The average molecular weight is 875 g/mol. The topological polar surface area (TPSA) is 373 Å². The lowest BCUT2D eigenvalue weighted by molar-refractivity contribution is -0.143.